The molecule has 2 amide bonds. The van der Waals surface area contributed by atoms with Crippen LogP contribution in [0.25, 0.3) is 0 Å². The van der Waals surface area contributed by atoms with Crippen molar-refractivity contribution in [2.45, 2.75) is 52.1 Å². The molecule has 0 unspecified atom stereocenters. The highest BCUT2D eigenvalue weighted by atomic mass is 16.6. The molecule has 26 heavy (non-hydrogen) atoms. The minimum atomic E-state index is -0.466. The number of hydrogen-bond donors (Lipinski definition) is 2. The number of nitrogens with zero attached hydrogens (tertiary/aromatic N) is 2. The van der Waals surface area contributed by atoms with Gasteiger partial charge >= 0.3 is 6.09 Å². The maximum absolute atomic E-state index is 12.5. The van der Waals surface area contributed by atoms with E-state index in [2.05, 4.69) is 24.0 Å². The van der Waals surface area contributed by atoms with Crippen LogP contribution in [-0.2, 0) is 16.0 Å². The molecule has 2 aliphatic heterocycles. The first-order valence-corrected chi connectivity index (χ1v) is 9.31. The number of aromatic amines is 2. The maximum atomic E-state index is 12.5. The molecule has 1 spiro atoms. The normalized spacial score (nSPS) is 19.5. The van der Waals surface area contributed by atoms with Crippen LogP contribution in [0, 0.1) is 12.8 Å². The highest BCUT2D eigenvalue weighted by Crippen LogP contribution is 2.33. The molecule has 3 heterocycles. The van der Waals surface area contributed by atoms with Gasteiger partial charge in [-0.25, -0.2) is 4.79 Å². The van der Waals surface area contributed by atoms with Gasteiger partial charge in [0, 0.05) is 43.7 Å². The quantitative estimate of drug-likeness (QED) is 0.825. The van der Waals surface area contributed by atoms with E-state index in [1.54, 1.807) is 16.7 Å². The van der Waals surface area contributed by atoms with Crippen molar-refractivity contribution in [3.05, 3.63) is 21.6 Å². The van der Waals surface area contributed by atoms with Gasteiger partial charge in [-0.15, -0.1) is 0 Å². The Labute approximate surface area is 152 Å². The van der Waals surface area contributed by atoms with Crippen molar-refractivity contribution in [3.8, 4) is 0 Å². The molecule has 8 nitrogen and oxygen atoms in total. The molecular weight excluding hydrogens is 336 g/mol. The van der Waals surface area contributed by atoms with Gasteiger partial charge in [0.1, 0.15) is 5.60 Å². The van der Waals surface area contributed by atoms with Crippen LogP contribution in [0.15, 0.2) is 4.79 Å². The molecule has 3 rings (SSSR count). The number of carbonyl (C=O) groups excluding carboxylic acids is 2. The number of aryl methyl sites for hydroxylation is 1. The van der Waals surface area contributed by atoms with Crippen LogP contribution < -0.4 is 5.56 Å². The Morgan fingerprint density at radius 2 is 1.92 bits per heavy atom. The van der Waals surface area contributed by atoms with Gasteiger partial charge in [-0.1, -0.05) is 13.8 Å². The lowest BCUT2D eigenvalue weighted by Crippen LogP contribution is -2.49. The molecule has 0 aromatic carbocycles. The van der Waals surface area contributed by atoms with Crippen LogP contribution in [0.3, 0.4) is 0 Å². The summed E-state index contributed by atoms with van der Waals surface area (Å²) in [6, 6.07) is 0. The van der Waals surface area contributed by atoms with Gasteiger partial charge in [-0.3, -0.25) is 14.7 Å². The Balaban J connectivity index is 1.55. The third-order valence-corrected chi connectivity index (χ3v) is 5.46. The molecule has 2 N–H and O–H groups in total. The molecule has 0 aliphatic carbocycles. The Morgan fingerprint density at radius 1 is 1.23 bits per heavy atom. The minimum absolute atomic E-state index is 0.0611. The number of piperidine rings is 1. The number of amides is 2. The number of carbonyl (C=O) groups is 2. The molecule has 0 bridgehead atoms. The zero-order valence-electron chi connectivity index (χ0n) is 15.8. The van der Waals surface area contributed by atoms with Gasteiger partial charge < -0.3 is 19.6 Å². The fraction of sp³-hybridized carbons (Fsp3) is 0.722. The van der Waals surface area contributed by atoms with E-state index in [1.807, 2.05) is 0 Å². The van der Waals surface area contributed by atoms with E-state index in [4.69, 9.17) is 4.74 Å². The van der Waals surface area contributed by atoms with Crippen molar-refractivity contribution >= 4 is 12.0 Å². The molecule has 0 saturated carbocycles. The number of ether oxygens (including phenoxy) is 1. The van der Waals surface area contributed by atoms with Crippen molar-refractivity contribution in [1.82, 2.24) is 20.0 Å². The third-order valence-electron chi connectivity index (χ3n) is 5.46. The predicted octanol–water partition coefficient (Wildman–Crippen LogP) is 1.41. The molecule has 8 heteroatoms. The standard InChI is InChI=1S/C18H28N4O4/c1-12(2)4-7-22-11-18(26-17(22)25)5-8-21(9-6-18)15(23)10-14-13(3)19-20-16(14)24/h12H,4-11H2,1-3H3,(H2,19,20,24). The SMILES string of the molecule is Cc1[nH][nH]c(=O)c1CC(=O)N1CCC2(CC1)CN(CCC(C)C)C(=O)O2. The summed E-state index contributed by atoms with van der Waals surface area (Å²) in [7, 11) is 0. The number of aromatic nitrogens is 2. The van der Waals surface area contributed by atoms with Crippen LogP contribution in [-0.4, -0.2) is 63.8 Å². The molecule has 144 valence electrons. The van der Waals surface area contributed by atoms with E-state index < -0.39 is 5.60 Å². The van der Waals surface area contributed by atoms with Crippen molar-refractivity contribution in [2.24, 2.45) is 5.92 Å². The molecule has 1 aromatic heterocycles. The molecule has 0 atom stereocenters. The molecule has 2 fully saturated rings. The van der Waals surface area contributed by atoms with E-state index in [9.17, 15) is 14.4 Å². The van der Waals surface area contributed by atoms with Crippen LogP contribution >= 0.6 is 0 Å². The first-order valence-electron chi connectivity index (χ1n) is 9.31. The lowest BCUT2D eigenvalue weighted by Gasteiger charge is -2.37. The van der Waals surface area contributed by atoms with E-state index in [0.717, 1.165) is 13.0 Å². The summed E-state index contributed by atoms with van der Waals surface area (Å²) in [5, 5.41) is 5.24. The summed E-state index contributed by atoms with van der Waals surface area (Å²) < 4.78 is 5.70. The van der Waals surface area contributed by atoms with Gasteiger partial charge in [0.2, 0.25) is 5.91 Å². The number of likely N-dealkylation sites (tertiary alicyclic amines) is 1. The summed E-state index contributed by atoms with van der Waals surface area (Å²) in [4.78, 5) is 39.9. The first-order chi connectivity index (χ1) is 12.3. The zero-order chi connectivity index (χ0) is 18.9. The molecule has 2 aliphatic rings. The van der Waals surface area contributed by atoms with E-state index in [-0.39, 0.29) is 24.0 Å². The molecule has 2 saturated heterocycles. The fourth-order valence-electron chi connectivity index (χ4n) is 3.65. The van der Waals surface area contributed by atoms with Crippen molar-refractivity contribution < 1.29 is 14.3 Å². The van der Waals surface area contributed by atoms with Crippen LogP contribution in [0.2, 0.25) is 0 Å². The molecule has 0 radical (unpaired) electrons. The van der Waals surface area contributed by atoms with Crippen LogP contribution in [0.4, 0.5) is 4.79 Å². The third kappa shape index (κ3) is 3.78. The highest BCUT2D eigenvalue weighted by Gasteiger charge is 2.47. The number of hydrogen-bond acceptors (Lipinski definition) is 4. The smallest absolute Gasteiger partial charge is 0.410 e. The minimum Gasteiger partial charge on any atom is -0.441 e. The maximum Gasteiger partial charge on any atom is 0.410 e. The average molecular weight is 364 g/mol. The van der Waals surface area contributed by atoms with Gasteiger partial charge in [-0.05, 0) is 19.3 Å². The summed E-state index contributed by atoms with van der Waals surface area (Å²) in [6.45, 7) is 8.47. The van der Waals surface area contributed by atoms with Crippen molar-refractivity contribution in [1.29, 1.82) is 0 Å². The Bertz CT molecular complexity index is 728. The van der Waals surface area contributed by atoms with E-state index >= 15 is 0 Å². The number of rotatable bonds is 5. The van der Waals surface area contributed by atoms with Crippen molar-refractivity contribution in [2.75, 3.05) is 26.2 Å². The van der Waals surface area contributed by atoms with Crippen LogP contribution in [0.1, 0.15) is 44.4 Å². The van der Waals surface area contributed by atoms with Gasteiger partial charge in [0.05, 0.1) is 13.0 Å². The second-order valence-electron chi connectivity index (χ2n) is 7.90. The zero-order valence-corrected chi connectivity index (χ0v) is 15.8. The second kappa shape index (κ2) is 7.17. The van der Waals surface area contributed by atoms with Gasteiger partial charge in [0.15, 0.2) is 0 Å². The van der Waals surface area contributed by atoms with Crippen molar-refractivity contribution in [3.63, 3.8) is 0 Å². The Kier molecular flexibility index (Phi) is 5.11. The number of H-pyrrole nitrogens is 2. The lowest BCUT2D eigenvalue weighted by atomic mass is 9.91. The Morgan fingerprint density at radius 3 is 2.50 bits per heavy atom. The Hall–Kier alpha value is -2.25. The predicted molar refractivity (Wildman–Crippen MR) is 95.9 cm³/mol. The summed E-state index contributed by atoms with van der Waals surface area (Å²) in [6.07, 6.45) is 2.11. The fourth-order valence-corrected chi connectivity index (χ4v) is 3.65. The summed E-state index contributed by atoms with van der Waals surface area (Å²) in [5.74, 6) is 0.480. The summed E-state index contributed by atoms with van der Waals surface area (Å²) in [5.41, 5.74) is 0.478. The highest BCUT2D eigenvalue weighted by molar-refractivity contribution is 5.79. The topological polar surface area (TPSA) is 98.5 Å². The average Bonchev–Trinajstić information content (AvgIpc) is 3.07. The lowest BCUT2D eigenvalue weighted by molar-refractivity contribution is -0.133. The summed E-state index contributed by atoms with van der Waals surface area (Å²) >= 11 is 0. The largest absolute Gasteiger partial charge is 0.441 e. The molecule has 1 aromatic rings. The van der Waals surface area contributed by atoms with Gasteiger partial charge in [-0.2, -0.15) is 0 Å². The first kappa shape index (κ1) is 18.5. The second-order valence-corrected chi connectivity index (χ2v) is 7.90. The van der Waals surface area contributed by atoms with Crippen LogP contribution in [0.5, 0.6) is 0 Å². The van der Waals surface area contributed by atoms with E-state index in [0.29, 0.717) is 49.7 Å². The molecular formula is C18H28N4O4. The van der Waals surface area contributed by atoms with E-state index in [1.165, 1.54) is 0 Å². The number of nitrogens with one attached hydrogen (secondary N) is 2. The van der Waals surface area contributed by atoms with Gasteiger partial charge in [0.25, 0.3) is 5.56 Å². The monoisotopic (exact) mass is 364 g/mol.